The molecule has 0 radical (unpaired) electrons. The highest BCUT2D eigenvalue weighted by molar-refractivity contribution is 7.88. The standard InChI is InChI=1S/C17H28N2O5S/c1-6-12-9-13(7-8-14(12)10-19-25(5,22)23)16(21)18-11-15(20)24-17(2,3)4/h7-8,12,19H,6,9-11H2,1-5H3,(H,18,21)/t12-/m1/s1. The van der Waals surface area contributed by atoms with Gasteiger partial charge in [-0.3, -0.25) is 9.59 Å². The second kappa shape index (κ2) is 8.62. The Morgan fingerprint density at radius 2 is 1.92 bits per heavy atom. The van der Waals surface area contributed by atoms with Gasteiger partial charge in [-0.05, 0) is 39.5 Å². The minimum absolute atomic E-state index is 0.0847. The first-order chi connectivity index (χ1) is 11.4. The lowest BCUT2D eigenvalue weighted by Crippen LogP contribution is -2.36. The highest BCUT2D eigenvalue weighted by atomic mass is 32.2. The molecule has 0 aromatic rings. The molecule has 0 unspecified atom stereocenters. The smallest absolute Gasteiger partial charge is 0.325 e. The number of hydrogen-bond donors (Lipinski definition) is 2. The van der Waals surface area contributed by atoms with E-state index >= 15 is 0 Å². The summed E-state index contributed by atoms with van der Waals surface area (Å²) < 4.78 is 30.1. The predicted octanol–water partition coefficient (Wildman–Crippen LogP) is 1.28. The van der Waals surface area contributed by atoms with Crippen LogP contribution in [0.15, 0.2) is 23.3 Å². The number of rotatable bonds is 7. The number of nitrogens with one attached hydrogen (secondary N) is 2. The minimum atomic E-state index is -3.26. The molecule has 8 heteroatoms. The molecule has 2 N–H and O–H groups in total. The van der Waals surface area contributed by atoms with Crippen molar-refractivity contribution in [2.75, 3.05) is 19.3 Å². The summed E-state index contributed by atoms with van der Waals surface area (Å²) in [7, 11) is -3.26. The average molecular weight is 372 g/mol. The van der Waals surface area contributed by atoms with Gasteiger partial charge in [-0.2, -0.15) is 0 Å². The summed E-state index contributed by atoms with van der Waals surface area (Å²) in [6, 6.07) is 0. The Morgan fingerprint density at radius 1 is 1.28 bits per heavy atom. The van der Waals surface area contributed by atoms with Crippen molar-refractivity contribution in [2.45, 2.75) is 46.1 Å². The molecule has 0 aromatic heterocycles. The van der Waals surface area contributed by atoms with E-state index in [9.17, 15) is 18.0 Å². The van der Waals surface area contributed by atoms with Gasteiger partial charge in [0.05, 0.1) is 6.26 Å². The fourth-order valence-corrected chi connectivity index (χ4v) is 2.87. The number of amides is 1. The number of carbonyl (C=O) groups is 2. The zero-order valence-corrected chi connectivity index (χ0v) is 16.3. The molecule has 1 aliphatic carbocycles. The second-order valence-corrected chi connectivity index (χ2v) is 8.94. The van der Waals surface area contributed by atoms with Crippen LogP contribution in [0.1, 0.15) is 40.5 Å². The van der Waals surface area contributed by atoms with Crippen molar-refractivity contribution in [1.82, 2.24) is 10.0 Å². The zero-order chi connectivity index (χ0) is 19.3. The van der Waals surface area contributed by atoms with E-state index in [1.165, 1.54) is 0 Å². The summed E-state index contributed by atoms with van der Waals surface area (Å²) in [4.78, 5) is 23.9. The number of sulfonamides is 1. The summed E-state index contributed by atoms with van der Waals surface area (Å²) in [5, 5.41) is 2.57. The van der Waals surface area contributed by atoms with Crippen molar-refractivity contribution in [3.63, 3.8) is 0 Å². The molecule has 0 fully saturated rings. The van der Waals surface area contributed by atoms with E-state index in [1.807, 2.05) is 6.92 Å². The van der Waals surface area contributed by atoms with Crippen molar-refractivity contribution in [2.24, 2.45) is 5.92 Å². The Kier molecular flexibility index (Phi) is 7.37. The van der Waals surface area contributed by atoms with Gasteiger partial charge in [-0.1, -0.05) is 24.6 Å². The van der Waals surface area contributed by atoms with Gasteiger partial charge in [0.1, 0.15) is 12.1 Å². The minimum Gasteiger partial charge on any atom is -0.459 e. The van der Waals surface area contributed by atoms with Gasteiger partial charge in [0.2, 0.25) is 15.9 Å². The van der Waals surface area contributed by atoms with Crippen LogP contribution in [-0.2, 0) is 24.3 Å². The lowest BCUT2D eigenvalue weighted by Gasteiger charge is -2.24. The Labute approximate surface area is 149 Å². The molecule has 1 aliphatic rings. The van der Waals surface area contributed by atoms with Crippen molar-refractivity contribution in [3.8, 4) is 0 Å². The maximum atomic E-state index is 12.2. The van der Waals surface area contributed by atoms with E-state index < -0.39 is 21.6 Å². The van der Waals surface area contributed by atoms with Gasteiger partial charge in [-0.15, -0.1) is 0 Å². The molecule has 0 saturated carbocycles. The largest absolute Gasteiger partial charge is 0.459 e. The highest BCUT2D eigenvalue weighted by Crippen LogP contribution is 2.27. The fraction of sp³-hybridized carbons (Fsp3) is 0.647. The van der Waals surface area contributed by atoms with Crippen molar-refractivity contribution in [1.29, 1.82) is 0 Å². The number of allylic oxidation sites excluding steroid dienone is 2. The molecule has 1 rings (SSSR count). The van der Waals surface area contributed by atoms with Gasteiger partial charge in [-0.25, -0.2) is 13.1 Å². The molecule has 0 bridgehead atoms. The summed E-state index contributed by atoms with van der Waals surface area (Å²) in [6.45, 7) is 7.33. The van der Waals surface area contributed by atoms with E-state index in [0.717, 1.165) is 18.2 Å². The number of ether oxygens (including phenoxy) is 1. The van der Waals surface area contributed by atoms with Crippen LogP contribution in [0.5, 0.6) is 0 Å². The van der Waals surface area contributed by atoms with Crippen LogP contribution in [-0.4, -0.2) is 45.2 Å². The van der Waals surface area contributed by atoms with Crippen LogP contribution in [0, 0.1) is 5.92 Å². The van der Waals surface area contributed by atoms with Crippen molar-refractivity contribution < 1.29 is 22.7 Å². The average Bonchev–Trinajstić information content (AvgIpc) is 2.48. The van der Waals surface area contributed by atoms with Crippen LogP contribution in [0.2, 0.25) is 0 Å². The quantitative estimate of drug-likeness (QED) is 0.656. The summed E-state index contributed by atoms with van der Waals surface area (Å²) in [6.07, 6.45) is 5.86. The van der Waals surface area contributed by atoms with Crippen LogP contribution >= 0.6 is 0 Å². The van der Waals surface area contributed by atoms with E-state index in [0.29, 0.717) is 12.0 Å². The fourth-order valence-electron chi connectivity index (χ4n) is 2.44. The summed E-state index contributed by atoms with van der Waals surface area (Å²) in [5.74, 6) is -0.713. The number of carbonyl (C=O) groups excluding carboxylic acids is 2. The van der Waals surface area contributed by atoms with E-state index in [4.69, 9.17) is 4.74 Å². The Hall–Kier alpha value is -1.67. The van der Waals surface area contributed by atoms with Gasteiger partial charge < -0.3 is 10.1 Å². The van der Waals surface area contributed by atoms with Crippen molar-refractivity contribution >= 4 is 21.9 Å². The van der Waals surface area contributed by atoms with Crippen LogP contribution in [0.3, 0.4) is 0 Å². The molecule has 25 heavy (non-hydrogen) atoms. The van der Waals surface area contributed by atoms with Gasteiger partial charge in [0, 0.05) is 12.1 Å². The molecule has 0 aromatic carbocycles. The Morgan fingerprint density at radius 3 is 2.44 bits per heavy atom. The first-order valence-corrected chi connectivity index (χ1v) is 10.1. The molecule has 0 heterocycles. The maximum Gasteiger partial charge on any atom is 0.325 e. The van der Waals surface area contributed by atoms with Gasteiger partial charge in [0.25, 0.3) is 0 Å². The highest BCUT2D eigenvalue weighted by Gasteiger charge is 2.23. The maximum absolute atomic E-state index is 12.2. The third-order valence-electron chi connectivity index (χ3n) is 3.63. The lowest BCUT2D eigenvalue weighted by molar-refractivity contribution is -0.154. The summed E-state index contributed by atoms with van der Waals surface area (Å²) in [5.41, 5.74) is 0.916. The number of esters is 1. The predicted molar refractivity (Wildman–Crippen MR) is 96.3 cm³/mol. The Balaban J connectivity index is 2.66. The molecule has 0 aliphatic heterocycles. The van der Waals surface area contributed by atoms with Crippen molar-refractivity contribution in [3.05, 3.63) is 23.3 Å². The van der Waals surface area contributed by atoms with Gasteiger partial charge >= 0.3 is 5.97 Å². The normalized spacial score (nSPS) is 18.2. The second-order valence-electron chi connectivity index (χ2n) is 7.11. The molecule has 0 spiro atoms. The topological polar surface area (TPSA) is 102 Å². The first kappa shape index (κ1) is 21.4. The van der Waals surface area contributed by atoms with E-state index in [1.54, 1.807) is 32.9 Å². The Bertz CT molecular complexity index is 672. The molecular weight excluding hydrogens is 344 g/mol. The monoisotopic (exact) mass is 372 g/mol. The molecule has 7 nitrogen and oxygen atoms in total. The molecule has 0 saturated heterocycles. The van der Waals surface area contributed by atoms with Crippen LogP contribution in [0.4, 0.5) is 0 Å². The van der Waals surface area contributed by atoms with E-state index in [-0.39, 0.29) is 24.9 Å². The first-order valence-electron chi connectivity index (χ1n) is 8.25. The zero-order valence-electron chi connectivity index (χ0n) is 15.5. The SMILES string of the molecule is CC[C@@H]1CC(C(=O)NCC(=O)OC(C)(C)C)=CC=C1CNS(C)(=O)=O. The molecule has 1 atom stereocenters. The van der Waals surface area contributed by atoms with Crippen LogP contribution < -0.4 is 10.0 Å². The number of hydrogen-bond acceptors (Lipinski definition) is 5. The van der Waals surface area contributed by atoms with Gasteiger partial charge in [0.15, 0.2) is 0 Å². The lowest BCUT2D eigenvalue weighted by atomic mass is 9.85. The van der Waals surface area contributed by atoms with E-state index in [2.05, 4.69) is 10.0 Å². The molecule has 142 valence electrons. The van der Waals surface area contributed by atoms with Crippen LogP contribution in [0.25, 0.3) is 0 Å². The molecule has 1 amide bonds. The summed E-state index contributed by atoms with van der Waals surface area (Å²) >= 11 is 0. The molecular formula is C17H28N2O5S. The third-order valence-corrected chi connectivity index (χ3v) is 4.29. The third kappa shape index (κ3) is 8.31.